The van der Waals surface area contributed by atoms with E-state index < -0.39 is 21.7 Å². The van der Waals surface area contributed by atoms with Crippen molar-refractivity contribution in [2.75, 3.05) is 13.6 Å². The number of alkyl carbamates (subject to hydrolysis) is 1. The van der Waals surface area contributed by atoms with E-state index in [2.05, 4.69) is 5.32 Å². The third-order valence-corrected chi connectivity index (χ3v) is 4.81. The molecular formula is C16H26N2O4S. The topological polar surface area (TPSA) is 75.7 Å². The quantitative estimate of drug-likeness (QED) is 0.892. The molecule has 0 spiro atoms. The minimum Gasteiger partial charge on any atom is -0.444 e. The molecule has 0 aliphatic carbocycles. The summed E-state index contributed by atoms with van der Waals surface area (Å²) in [6.07, 6.45) is -0.564. The van der Waals surface area contributed by atoms with E-state index in [1.54, 1.807) is 45.9 Å². The van der Waals surface area contributed by atoms with Crippen LogP contribution in [0.2, 0.25) is 0 Å². The SMILES string of the molecule is Cc1cccc(S(=O)(=O)N(C)C[C@@H](C)NC(=O)OC(C)(C)C)c1. The van der Waals surface area contributed by atoms with Gasteiger partial charge in [-0.15, -0.1) is 0 Å². The maximum absolute atomic E-state index is 12.5. The Morgan fingerprint density at radius 1 is 1.35 bits per heavy atom. The number of carbonyl (C=O) groups is 1. The van der Waals surface area contributed by atoms with Crippen LogP contribution in [0.15, 0.2) is 29.2 Å². The summed E-state index contributed by atoms with van der Waals surface area (Å²) >= 11 is 0. The normalized spacial score (nSPS) is 13.7. The van der Waals surface area contributed by atoms with Crippen LogP contribution in [-0.2, 0) is 14.8 Å². The van der Waals surface area contributed by atoms with Gasteiger partial charge in [-0.1, -0.05) is 12.1 Å². The lowest BCUT2D eigenvalue weighted by atomic mass is 10.2. The van der Waals surface area contributed by atoms with Crippen molar-refractivity contribution >= 4 is 16.1 Å². The van der Waals surface area contributed by atoms with Crippen molar-refractivity contribution in [3.63, 3.8) is 0 Å². The molecule has 0 radical (unpaired) electrons. The van der Waals surface area contributed by atoms with Gasteiger partial charge in [-0.05, 0) is 52.3 Å². The van der Waals surface area contributed by atoms with Crippen LogP contribution >= 0.6 is 0 Å². The molecule has 0 aromatic heterocycles. The first-order valence-corrected chi connectivity index (χ1v) is 8.88. The fraction of sp³-hybridized carbons (Fsp3) is 0.562. The number of benzene rings is 1. The number of carbonyl (C=O) groups excluding carboxylic acids is 1. The predicted octanol–water partition coefficient (Wildman–Crippen LogP) is 2.53. The van der Waals surface area contributed by atoms with Gasteiger partial charge in [0, 0.05) is 19.6 Å². The number of hydrogen-bond acceptors (Lipinski definition) is 4. The highest BCUT2D eigenvalue weighted by atomic mass is 32.2. The van der Waals surface area contributed by atoms with Crippen molar-refractivity contribution in [3.8, 4) is 0 Å². The molecule has 0 saturated heterocycles. The van der Waals surface area contributed by atoms with Gasteiger partial charge in [0.25, 0.3) is 0 Å². The van der Waals surface area contributed by atoms with E-state index in [1.807, 2.05) is 13.0 Å². The molecule has 1 atom stereocenters. The number of sulfonamides is 1. The molecule has 1 rings (SSSR count). The Morgan fingerprint density at radius 2 is 1.96 bits per heavy atom. The molecule has 1 amide bonds. The standard InChI is InChI=1S/C16H26N2O4S/c1-12-8-7-9-14(10-12)23(20,21)18(6)11-13(2)17-15(19)22-16(3,4)5/h7-10,13H,11H2,1-6H3,(H,17,19)/t13-/m1/s1. The van der Waals surface area contributed by atoms with Gasteiger partial charge in [0.2, 0.25) is 10.0 Å². The Hall–Kier alpha value is -1.60. The van der Waals surface area contributed by atoms with Gasteiger partial charge in [-0.3, -0.25) is 0 Å². The van der Waals surface area contributed by atoms with Gasteiger partial charge < -0.3 is 10.1 Å². The first-order chi connectivity index (χ1) is 10.4. The second kappa shape index (κ2) is 7.31. The summed E-state index contributed by atoms with van der Waals surface area (Å²) in [6, 6.07) is 6.35. The van der Waals surface area contributed by atoms with E-state index in [0.29, 0.717) is 0 Å². The van der Waals surface area contributed by atoms with Crippen molar-refractivity contribution in [2.24, 2.45) is 0 Å². The number of nitrogens with zero attached hydrogens (tertiary/aromatic N) is 1. The smallest absolute Gasteiger partial charge is 0.407 e. The first-order valence-electron chi connectivity index (χ1n) is 7.44. The minimum atomic E-state index is -3.59. The molecule has 1 aromatic rings. The summed E-state index contributed by atoms with van der Waals surface area (Å²) in [4.78, 5) is 12.0. The zero-order chi connectivity index (χ0) is 17.8. The fourth-order valence-corrected chi connectivity index (χ4v) is 3.36. The molecule has 23 heavy (non-hydrogen) atoms. The van der Waals surface area contributed by atoms with Crippen LogP contribution in [0.1, 0.15) is 33.3 Å². The van der Waals surface area contributed by atoms with Crippen molar-refractivity contribution in [2.45, 2.75) is 51.2 Å². The fourth-order valence-electron chi connectivity index (χ4n) is 1.99. The van der Waals surface area contributed by atoms with Gasteiger partial charge in [-0.25, -0.2) is 13.2 Å². The minimum absolute atomic E-state index is 0.148. The van der Waals surface area contributed by atoms with Gasteiger partial charge >= 0.3 is 6.09 Å². The van der Waals surface area contributed by atoms with Crippen molar-refractivity contribution in [1.29, 1.82) is 0 Å². The summed E-state index contributed by atoms with van der Waals surface area (Å²) in [5, 5.41) is 2.63. The second-order valence-corrected chi connectivity index (χ2v) is 8.69. The highest BCUT2D eigenvalue weighted by Crippen LogP contribution is 2.16. The lowest BCUT2D eigenvalue weighted by molar-refractivity contribution is 0.0504. The van der Waals surface area contributed by atoms with E-state index in [-0.39, 0.29) is 17.5 Å². The average Bonchev–Trinajstić information content (AvgIpc) is 2.35. The molecule has 1 N–H and O–H groups in total. The van der Waals surface area contributed by atoms with Crippen LogP contribution in [-0.4, -0.2) is 44.1 Å². The average molecular weight is 342 g/mol. The Bertz CT molecular complexity index is 650. The van der Waals surface area contributed by atoms with Crippen LogP contribution in [0.4, 0.5) is 4.79 Å². The van der Waals surface area contributed by atoms with Gasteiger partial charge in [-0.2, -0.15) is 4.31 Å². The molecule has 0 fully saturated rings. The summed E-state index contributed by atoms with van der Waals surface area (Å²) < 4.78 is 31.4. The third-order valence-electron chi connectivity index (χ3n) is 2.99. The largest absolute Gasteiger partial charge is 0.444 e. The lowest BCUT2D eigenvalue weighted by Gasteiger charge is -2.24. The van der Waals surface area contributed by atoms with E-state index in [4.69, 9.17) is 4.74 Å². The van der Waals surface area contributed by atoms with Gasteiger partial charge in [0.15, 0.2) is 0 Å². The first kappa shape index (κ1) is 19.4. The maximum Gasteiger partial charge on any atom is 0.407 e. The molecule has 0 bridgehead atoms. The third kappa shape index (κ3) is 6.19. The van der Waals surface area contributed by atoms with Crippen LogP contribution in [0.3, 0.4) is 0 Å². The predicted molar refractivity (Wildman–Crippen MR) is 89.8 cm³/mol. The number of hydrogen-bond donors (Lipinski definition) is 1. The van der Waals surface area contributed by atoms with Crippen LogP contribution in [0.5, 0.6) is 0 Å². The number of aryl methyl sites for hydroxylation is 1. The molecule has 6 nitrogen and oxygen atoms in total. The molecule has 0 aliphatic heterocycles. The van der Waals surface area contributed by atoms with Gasteiger partial charge in [0.1, 0.15) is 5.60 Å². The summed E-state index contributed by atoms with van der Waals surface area (Å²) in [7, 11) is -2.10. The van der Waals surface area contributed by atoms with E-state index in [0.717, 1.165) is 5.56 Å². The van der Waals surface area contributed by atoms with Crippen LogP contribution < -0.4 is 5.32 Å². The highest BCUT2D eigenvalue weighted by Gasteiger charge is 2.24. The molecule has 130 valence electrons. The van der Waals surface area contributed by atoms with Crippen LogP contribution in [0, 0.1) is 6.92 Å². The number of likely N-dealkylation sites (N-methyl/N-ethyl adjacent to an activating group) is 1. The molecule has 0 heterocycles. The number of nitrogens with one attached hydrogen (secondary N) is 1. The van der Waals surface area contributed by atoms with E-state index in [1.165, 1.54) is 11.4 Å². The summed E-state index contributed by atoms with van der Waals surface area (Å²) in [6.45, 7) is 9.02. The Morgan fingerprint density at radius 3 is 2.48 bits per heavy atom. The van der Waals surface area contributed by atoms with E-state index in [9.17, 15) is 13.2 Å². The molecule has 1 aromatic carbocycles. The monoisotopic (exact) mass is 342 g/mol. The molecule has 0 unspecified atom stereocenters. The molecule has 0 aliphatic rings. The Balaban J connectivity index is 2.71. The van der Waals surface area contributed by atoms with Crippen molar-refractivity contribution < 1.29 is 17.9 Å². The highest BCUT2D eigenvalue weighted by molar-refractivity contribution is 7.89. The Labute approximate surface area is 138 Å². The molecule has 0 saturated carbocycles. The summed E-state index contributed by atoms with van der Waals surface area (Å²) in [5.74, 6) is 0. The number of amides is 1. The summed E-state index contributed by atoms with van der Waals surface area (Å²) in [5.41, 5.74) is 0.281. The lowest BCUT2D eigenvalue weighted by Crippen LogP contribution is -2.44. The Kier molecular flexibility index (Phi) is 6.18. The van der Waals surface area contributed by atoms with Crippen molar-refractivity contribution in [1.82, 2.24) is 9.62 Å². The van der Waals surface area contributed by atoms with Crippen LogP contribution in [0.25, 0.3) is 0 Å². The molecular weight excluding hydrogens is 316 g/mol. The zero-order valence-corrected chi connectivity index (χ0v) is 15.4. The number of rotatable bonds is 5. The van der Waals surface area contributed by atoms with Gasteiger partial charge in [0.05, 0.1) is 4.90 Å². The van der Waals surface area contributed by atoms with Crippen molar-refractivity contribution in [3.05, 3.63) is 29.8 Å². The number of ether oxygens (including phenoxy) is 1. The second-order valence-electron chi connectivity index (χ2n) is 6.65. The zero-order valence-electron chi connectivity index (χ0n) is 14.6. The molecule has 7 heteroatoms. The van der Waals surface area contributed by atoms with E-state index >= 15 is 0 Å². The maximum atomic E-state index is 12.5.